The van der Waals surface area contributed by atoms with E-state index in [0.717, 1.165) is 29.0 Å². The van der Waals surface area contributed by atoms with E-state index in [1.54, 1.807) is 45.9 Å². The van der Waals surface area contributed by atoms with Crippen LogP contribution in [0.1, 0.15) is 55.5 Å². The molecule has 0 bridgehead atoms. The molecule has 1 aromatic heterocycles. The highest BCUT2D eigenvalue weighted by Gasteiger charge is 2.66. The predicted octanol–water partition coefficient (Wildman–Crippen LogP) is 6.23. The highest BCUT2D eigenvalue weighted by atomic mass is 35.5. The number of carbonyl (C=O) groups excluding carboxylic acids is 2. The van der Waals surface area contributed by atoms with Crippen LogP contribution in [0, 0.1) is 5.92 Å². The molecule has 1 unspecified atom stereocenters. The fraction of sp³-hybridized carbons (Fsp3) is 0.476. The van der Waals surface area contributed by atoms with Crippen LogP contribution in [0.5, 0.6) is 5.75 Å². The number of rotatable bonds is 16. The topological polar surface area (TPSA) is 142 Å². The SMILES string of the molecule is CCOc1ccc2c(c1)CC(NCCCCO)C(=O)N2c1ccc(CN2C(=O)[C@]3(O[C@H](CCn4cc(CCO)nn4)[C@@H]([Si](C)(C)F)[C@@H]3C)c3cc(Cl)ccc32)cc1. The van der Waals surface area contributed by atoms with E-state index in [9.17, 15) is 19.8 Å². The van der Waals surface area contributed by atoms with Crippen LogP contribution in [0.25, 0.3) is 0 Å². The fourth-order valence-corrected chi connectivity index (χ4v) is 11.8. The van der Waals surface area contributed by atoms with E-state index < -0.39 is 37.6 Å². The molecule has 15 heteroatoms. The van der Waals surface area contributed by atoms with Crippen molar-refractivity contribution in [1.82, 2.24) is 20.3 Å². The van der Waals surface area contributed by atoms with E-state index in [1.165, 1.54) is 0 Å². The van der Waals surface area contributed by atoms with Crippen LogP contribution in [-0.2, 0) is 45.9 Å². The number of aromatic nitrogens is 3. The molecule has 304 valence electrons. The van der Waals surface area contributed by atoms with Gasteiger partial charge in [0.1, 0.15) is 5.75 Å². The number of aryl methyl sites for hydroxylation is 1. The standard InChI is InChI=1S/C42H52ClFN6O6Si/c1-5-55-33-13-15-36-29(22-33)23-35(45-18-6-7-20-51)40(53)50(36)32-11-8-28(9-12-32)25-49-37-14-10-30(43)24-34(37)42(41(49)54)27(2)39(57(3,4)44)38(56-42)16-19-48-26-31(17-21-52)46-47-48/h8-15,22,24,26-27,35,38-39,45,51-52H,5-7,16-21,23,25H2,1-4H3/t27-,35?,38+,39-,42+/m0/s1. The molecule has 3 N–H and O–H groups in total. The van der Waals surface area contributed by atoms with Crippen LogP contribution in [0.2, 0.25) is 23.7 Å². The largest absolute Gasteiger partial charge is 0.494 e. The first-order valence-corrected chi connectivity index (χ1v) is 23.2. The second kappa shape index (κ2) is 17.0. The molecule has 3 aliphatic heterocycles. The lowest BCUT2D eigenvalue weighted by Gasteiger charge is -2.35. The number of nitrogens with one attached hydrogen (secondary N) is 1. The third-order valence-electron chi connectivity index (χ3n) is 11.6. The quantitative estimate of drug-likeness (QED) is 0.0682. The Hall–Kier alpha value is -4.18. The molecule has 2 amide bonds. The molecule has 0 aliphatic carbocycles. The number of nitrogens with zero attached hydrogens (tertiary/aromatic N) is 5. The molecule has 57 heavy (non-hydrogen) atoms. The molecule has 3 aromatic carbocycles. The number of amides is 2. The van der Waals surface area contributed by atoms with Crippen LogP contribution in [0.4, 0.5) is 21.2 Å². The number of carbonyl (C=O) groups is 2. The van der Waals surface area contributed by atoms with Crippen LogP contribution in [0.15, 0.2) is 66.9 Å². The van der Waals surface area contributed by atoms with Crippen LogP contribution < -0.4 is 19.9 Å². The number of aliphatic hydroxyl groups excluding tert-OH is 2. The minimum absolute atomic E-state index is 0.0347. The van der Waals surface area contributed by atoms with E-state index in [-0.39, 0.29) is 31.6 Å². The molecule has 0 saturated carbocycles. The maximum absolute atomic E-state index is 16.4. The van der Waals surface area contributed by atoms with E-state index in [0.29, 0.717) is 73.0 Å². The number of anilines is 3. The van der Waals surface area contributed by atoms with Crippen molar-refractivity contribution in [2.24, 2.45) is 5.92 Å². The molecule has 7 rings (SSSR count). The average molecular weight is 819 g/mol. The van der Waals surface area contributed by atoms with Gasteiger partial charge in [-0.3, -0.25) is 19.2 Å². The Morgan fingerprint density at radius 1 is 1.05 bits per heavy atom. The first-order valence-electron chi connectivity index (χ1n) is 19.9. The summed E-state index contributed by atoms with van der Waals surface area (Å²) < 4.78 is 30.7. The number of unbranched alkanes of at least 4 members (excludes halogenated alkanes) is 1. The van der Waals surface area contributed by atoms with Crippen LogP contribution >= 0.6 is 11.6 Å². The summed E-state index contributed by atoms with van der Waals surface area (Å²) in [7, 11) is -3.39. The van der Waals surface area contributed by atoms with Gasteiger partial charge in [-0.15, -0.1) is 5.10 Å². The lowest BCUT2D eigenvalue weighted by Crippen LogP contribution is -2.49. The zero-order chi connectivity index (χ0) is 40.5. The molecule has 4 heterocycles. The number of fused-ring (bicyclic) bond motifs is 3. The fourth-order valence-electron chi connectivity index (χ4n) is 9.04. The summed E-state index contributed by atoms with van der Waals surface area (Å²) in [6.45, 7) is 9.05. The Kier molecular flexibility index (Phi) is 12.2. The van der Waals surface area contributed by atoms with Crippen LogP contribution in [-0.4, -0.2) is 83.9 Å². The van der Waals surface area contributed by atoms with E-state index in [1.807, 2.05) is 62.4 Å². The summed E-state index contributed by atoms with van der Waals surface area (Å²) in [5.41, 5.74) is 3.36. The lowest BCUT2D eigenvalue weighted by molar-refractivity contribution is -0.146. The highest BCUT2D eigenvalue weighted by molar-refractivity contribution is 6.72. The number of hydrogen-bond donors (Lipinski definition) is 3. The zero-order valence-corrected chi connectivity index (χ0v) is 34.7. The Labute approximate surface area is 339 Å². The zero-order valence-electron chi connectivity index (χ0n) is 33.0. The number of benzene rings is 3. The molecule has 1 saturated heterocycles. The third kappa shape index (κ3) is 8.00. The number of aliphatic hydroxyl groups is 2. The van der Waals surface area contributed by atoms with Gasteiger partial charge < -0.3 is 34.0 Å². The first-order chi connectivity index (χ1) is 27.4. The monoisotopic (exact) mass is 818 g/mol. The minimum atomic E-state index is -3.39. The van der Waals surface area contributed by atoms with Crippen LogP contribution in [0.3, 0.4) is 0 Å². The number of hydrogen-bond acceptors (Lipinski definition) is 9. The molecule has 1 fully saturated rings. The molecule has 12 nitrogen and oxygen atoms in total. The van der Waals surface area contributed by atoms with Gasteiger partial charge in [-0.25, -0.2) is 0 Å². The van der Waals surface area contributed by atoms with Crippen molar-refractivity contribution < 1.29 is 33.4 Å². The van der Waals surface area contributed by atoms with Gasteiger partial charge in [0.25, 0.3) is 5.91 Å². The van der Waals surface area contributed by atoms with Crippen molar-refractivity contribution in [1.29, 1.82) is 0 Å². The van der Waals surface area contributed by atoms with Gasteiger partial charge in [0.15, 0.2) is 5.60 Å². The van der Waals surface area contributed by atoms with Gasteiger partial charge in [-0.05, 0) is 112 Å². The van der Waals surface area contributed by atoms with Crippen molar-refractivity contribution in [2.75, 3.05) is 36.2 Å². The maximum Gasteiger partial charge on any atom is 0.264 e. The molecular weight excluding hydrogens is 767 g/mol. The summed E-state index contributed by atoms with van der Waals surface area (Å²) in [4.78, 5) is 32.4. The summed E-state index contributed by atoms with van der Waals surface area (Å²) in [5.74, 6) is -0.0664. The van der Waals surface area contributed by atoms with Gasteiger partial charge >= 0.3 is 0 Å². The lowest BCUT2D eigenvalue weighted by atomic mass is 9.82. The first kappa shape index (κ1) is 41.0. The minimum Gasteiger partial charge on any atom is -0.494 e. The summed E-state index contributed by atoms with van der Waals surface area (Å²) in [6, 6.07) is 18.4. The Balaban J connectivity index is 1.16. The average Bonchev–Trinajstić information content (AvgIpc) is 3.83. The van der Waals surface area contributed by atoms with E-state index in [2.05, 4.69) is 15.6 Å². The number of halogens is 2. The second-order valence-corrected chi connectivity index (χ2v) is 20.0. The van der Waals surface area contributed by atoms with Crippen molar-refractivity contribution in [3.05, 3.63) is 94.3 Å². The van der Waals surface area contributed by atoms with Gasteiger partial charge in [0.05, 0.1) is 42.4 Å². The molecule has 1 spiro atoms. The Bertz CT molecular complexity index is 2080. The summed E-state index contributed by atoms with van der Waals surface area (Å²) >= 11 is 6.60. The molecule has 5 atom stereocenters. The normalized spacial score (nSPS) is 23.1. The van der Waals surface area contributed by atoms with Crippen molar-refractivity contribution >= 4 is 48.9 Å². The van der Waals surface area contributed by atoms with Crippen molar-refractivity contribution in [2.45, 2.75) is 95.4 Å². The second-order valence-electron chi connectivity index (χ2n) is 15.8. The smallest absolute Gasteiger partial charge is 0.264 e. The molecule has 4 aromatic rings. The molecule has 0 radical (unpaired) electrons. The van der Waals surface area contributed by atoms with Crippen molar-refractivity contribution in [3.8, 4) is 5.75 Å². The van der Waals surface area contributed by atoms with Gasteiger partial charge in [-0.1, -0.05) is 35.9 Å². The van der Waals surface area contributed by atoms with Gasteiger partial charge in [0, 0.05) is 60.1 Å². The van der Waals surface area contributed by atoms with E-state index >= 15 is 4.11 Å². The van der Waals surface area contributed by atoms with Crippen molar-refractivity contribution in [3.63, 3.8) is 0 Å². The third-order valence-corrected chi connectivity index (χ3v) is 14.3. The van der Waals surface area contributed by atoms with E-state index in [4.69, 9.17) is 21.1 Å². The van der Waals surface area contributed by atoms with Gasteiger partial charge in [0.2, 0.25) is 14.3 Å². The highest BCUT2D eigenvalue weighted by Crippen LogP contribution is 2.60. The molecular formula is C42H52ClFN6O6Si. The molecule has 3 aliphatic rings. The number of ether oxygens (including phenoxy) is 2. The summed E-state index contributed by atoms with van der Waals surface area (Å²) in [6.07, 6.45) is 3.95. The van der Waals surface area contributed by atoms with Gasteiger partial charge in [-0.2, -0.15) is 0 Å². The predicted molar refractivity (Wildman–Crippen MR) is 219 cm³/mol. The Morgan fingerprint density at radius 3 is 2.54 bits per heavy atom. The Morgan fingerprint density at radius 2 is 1.82 bits per heavy atom. The maximum atomic E-state index is 16.4. The summed E-state index contributed by atoms with van der Waals surface area (Å²) in [5, 5.41) is 30.7.